The number of alkyl halides is 3. The van der Waals surface area contributed by atoms with E-state index in [0.29, 0.717) is 12.2 Å². The van der Waals surface area contributed by atoms with Crippen LogP contribution in [0.4, 0.5) is 17.6 Å². The van der Waals surface area contributed by atoms with Crippen LogP contribution < -0.4 is 0 Å². The SMILES string of the molecule is C[Si](C)(C)CCOCn1cc(Cc2ccnc(F)c2)nc1C(O)C(F)(F)F. The number of rotatable bonds is 8. The fraction of sp³-hybridized carbons (Fsp3) is 0.529. The van der Waals surface area contributed by atoms with Gasteiger partial charge in [-0.2, -0.15) is 17.6 Å². The van der Waals surface area contributed by atoms with Crippen molar-refractivity contribution in [1.29, 1.82) is 0 Å². The average Bonchev–Trinajstić information content (AvgIpc) is 2.91. The maximum Gasteiger partial charge on any atom is 0.421 e. The molecule has 0 bridgehead atoms. The minimum Gasteiger partial charge on any atom is -0.377 e. The minimum atomic E-state index is -4.85. The number of pyridine rings is 1. The van der Waals surface area contributed by atoms with Gasteiger partial charge in [-0.1, -0.05) is 19.6 Å². The Hall–Kier alpha value is -1.78. The van der Waals surface area contributed by atoms with Crippen LogP contribution in [-0.2, 0) is 17.9 Å². The molecule has 0 aliphatic carbocycles. The zero-order valence-corrected chi connectivity index (χ0v) is 16.4. The van der Waals surface area contributed by atoms with Gasteiger partial charge in [0.2, 0.25) is 12.1 Å². The molecule has 1 N–H and O–H groups in total. The van der Waals surface area contributed by atoms with Crippen molar-refractivity contribution in [2.24, 2.45) is 0 Å². The van der Waals surface area contributed by atoms with Crippen LogP contribution in [0.1, 0.15) is 23.2 Å². The number of nitrogens with zero attached hydrogens (tertiary/aromatic N) is 3. The van der Waals surface area contributed by atoms with Crippen molar-refractivity contribution < 1.29 is 27.4 Å². The first-order valence-corrected chi connectivity index (χ1v) is 12.2. The van der Waals surface area contributed by atoms with Gasteiger partial charge in [0, 0.05) is 33.5 Å². The molecule has 0 aliphatic rings. The zero-order chi connectivity index (χ0) is 20.2. The van der Waals surface area contributed by atoms with Crippen molar-refractivity contribution >= 4 is 8.07 Å². The molecule has 5 nitrogen and oxygen atoms in total. The van der Waals surface area contributed by atoms with Gasteiger partial charge in [0.25, 0.3) is 0 Å². The lowest BCUT2D eigenvalue weighted by Crippen LogP contribution is -2.25. The standard InChI is InChI=1S/C17H23F4N3O2Si/c1-27(2,3)7-6-26-11-24-10-13(8-12-4-5-22-14(18)9-12)23-16(24)15(25)17(19,20)21/h4-5,9-10,15,25H,6-8,11H2,1-3H3. The van der Waals surface area contributed by atoms with Crippen LogP contribution in [0, 0.1) is 5.95 Å². The number of imidazole rings is 1. The molecule has 2 heterocycles. The topological polar surface area (TPSA) is 60.2 Å². The summed E-state index contributed by atoms with van der Waals surface area (Å²) in [5.74, 6) is -1.22. The summed E-state index contributed by atoms with van der Waals surface area (Å²) in [4.78, 5) is 7.34. The second-order valence-corrected chi connectivity index (χ2v) is 13.1. The molecule has 10 heteroatoms. The van der Waals surface area contributed by atoms with E-state index in [1.165, 1.54) is 18.5 Å². The number of aliphatic hydroxyl groups excluding tert-OH is 1. The lowest BCUT2D eigenvalue weighted by atomic mass is 10.1. The molecule has 0 aliphatic heterocycles. The van der Waals surface area contributed by atoms with Gasteiger partial charge in [0.1, 0.15) is 12.6 Å². The van der Waals surface area contributed by atoms with E-state index in [1.54, 1.807) is 6.07 Å². The van der Waals surface area contributed by atoms with Gasteiger partial charge in [-0.25, -0.2) is 9.97 Å². The molecule has 0 radical (unpaired) electrons. The number of aromatic nitrogens is 3. The Bertz CT molecular complexity index is 759. The van der Waals surface area contributed by atoms with Crippen LogP contribution in [0.15, 0.2) is 24.5 Å². The first kappa shape index (κ1) is 21.5. The molecule has 0 fully saturated rings. The Morgan fingerprint density at radius 3 is 2.59 bits per heavy atom. The summed E-state index contributed by atoms with van der Waals surface area (Å²) in [5.41, 5.74) is 0.785. The quantitative estimate of drug-likeness (QED) is 0.313. The van der Waals surface area contributed by atoms with E-state index in [4.69, 9.17) is 4.74 Å². The summed E-state index contributed by atoms with van der Waals surface area (Å²) in [7, 11) is -1.33. The summed E-state index contributed by atoms with van der Waals surface area (Å²) < 4.78 is 58.7. The van der Waals surface area contributed by atoms with E-state index in [1.807, 2.05) is 0 Å². The summed E-state index contributed by atoms with van der Waals surface area (Å²) in [6.07, 6.45) is -4.80. The third-order valence-corrected chi connectivity index (χ3v) is 5.52. The maximum atomic E-state index is 13.2. The second-order valence-electron chi connectivity index (χ2n) is 7.52. The Labute approximate surface area is 156 Å². The van der Waals surface area contributed by atoms with Gasteiger partial charge in [0.15, 0.2) is 0 Å². The summed E-state index contributed by atoms with van der Waals surface area (Å²) in [6, 6.07) is 3.60. The fourth-order valence-corrected chi connectivity index (χ4v) is 3.10. The van der Waals surface area contributed by atoms with E-state index in [-0.39, 0.29) is 18.8 Å². The molecule has 0 saturated heterocycles. The van der Waals surface area contributed by atoms with Crippen molar-refractivity contribution in [3.63, 3.8) is 0 Å². The van der Waals surface area contributed by atoms with Crippen LogP contribution in [0.25, 0.3) is 0 Å². The molecule has 0 saturated carbocycles. The van der Waals surface area contributed by atoms with Crippen LogP contribution >= 0.6 is 0 Å². The minimum absolute atomic E-state index is 0.110. The first-order valence-electron chi connectivity index (χ1n) is 8.44. The molecular formula is C17H23F4N3O2Si. The highest BCUT2D eigenvalue weighted by Gasteiger charge is 2.42. The van der Waals surface area contributed by atoms with Crippen molar-refractivity contribution in [3.05, 3.63) is 47.6 Å². The van der Waals surface area contributed by atoms with Gasteiger partial charge in [-0.15, -0.1) is 0 Å². The number of halogens is 4. The highest BCUT2D eigenvalue weighted by molar-refractivity contribution is 6.76. The zero-order valence-electron chi connectivity index (χ0n) is 15.4. The van der Waals surface area contributed by atoms with Crippen molar-refractivity contribution in [2.45, 2.75) is 51.1 Å². The molecule has 2 aromatic heterocycles. The third kappa shape index (κ3) is 6.71. The molecule has 2 rings (SSSR count). The molecule has 1 atom stereocenters. The van der Waals surface area contributed by atoms with E-state index < -0.39 is 32.1 Å². The molecular weight excluding hydrogens is 382 g/mol. The summed E-state index contributed by atoms with van der Waals surface area (Å²) in [6.45, 7) is 6.76. The van der Waals surface area contributed by atoms with Crippen LogP contribution in [0.3, 0.4) is 0 Å². The van der Waals surface area contributed by atoms with Gasteiger partial charge >= 0.3 is 6.18 Å². The lowest BCUT2D eigenvalue weighted by Gasteiger charge is -2.18. The van der Waals surface area contributed by atoms with E-state index in [9.17, 15) is 22.7 Å². The Morgan fingerprint density at radius 1 is 1.30 bits per heavy atom. The fourth-order valence-electron chi connectivity index (χ4n) is 2.34. The Morgan fingerprint density at radius 2 is 2.00 bits per heavy atom. The molecule has 0 aromatic carbocycles. The summed E-state index contributed by atoms with van der Waals surface area (Å²) >= 11 is 0. The highest BCUT2D eigenvalue weighted by atomic mass is 28.3. The number of ether oxygens (including phenoxy) is 1. The predicted octanol–water partition coefficient (Wildman–Crippen LogP) is 3.92. The third-order valence-electron chi connectivity index (χ3n) is 3.81. The normalized spacial score (nSPS) is 13.8. The van der Waals surface area contributed by atoms with Gasteiger partial charge < -0.3 is 14.4 Å². The van der Waals surface area contributed by atoms with E-state index >= 15 is 0 Å². The van der Waals surface area contributed by atoms with Crippen LogP contribution in [0.5, 0.6) is 0 Å². The smallest absolute Gasteiger partial charge is 0.377 e. The van der Waals surface area contributed by atoms with Gasteiger partial charge in [0.05, 0.1) is 5.69 Å². The predicted molar refractivity (Wildman–Crippen MR) is 94.3 cm³/mol. The lowest BCUT2D eigenvalue weighted by molar-refractivity contribution is -0.210. The van der Waals surface area contributed by atoms with Crippen molar-refractivity contribution in [1.82, 2.24) is 14.5 Å². The number of aliphatic hydroxyl groups is 1. The molecule has 150 valence electrons. The van der Waals surface area contributed by atoms with Gasteiger partial charge in [-0.05, 0) is 23.7 Å². The number of hydrogen-bond donors (Lipinski definition) is 1. The second kappa shape index (κ2) is 8.49. The summed E-state index contributed by atoms with van der Waals surface area (Å²) in [5, 5.41) is 9.62. The largest absolute Gasteiger partial charge is 0.421 e. The molecule has 27 heavy (non-hydrogen) atoms. The first-order chi connectivity index (χ1) is 12.5. The molecule has 0 spiro atoms. The monoisotopic (exact) mass is 405 g/mol. The number of hydrogen-bond acceptors (Lipinski definition) is 4. The Balaban J connectivity index is 2.18. The highest BCUT2D eigenvalue weighted by Crippen LogP contribution is 2.32. The average molecular weight is 405 g/mol. The Kier molecular flexibility index (Phi) is 6.76. The van der Waals surface area contributed by atoms with Crippen molar-refractivity contribution in [2.75, 3.05) is 6.61 Å². The van der Waals surface area contributed by atoms with E-state index in [2.05, 4.69) is 29.6 Å². The molecule has 0 amide bonds. The van der Waals surface area contributed by atoms with Crippen LogP contribution in [-0.4, -0.2) is 40.5 Å². The molecule has 2 aromatic rings. The van der Waals surface area contributed by atoms with Crippen molar-refractivity contribution in [3.8, 4) is 0 Å². The van der Waals surface area contributed by atoms with Crippen LogP contribution in [0.2, 0.25) is 25.7 Å². The molecule has 1 unspecified atom stereocenters. The van der Waals surface area contributed by atoms with E-state index in [0.717, 1.165) is 10.6 Å². The van der Waals surface area contributed by atoms with Gasteiger partial charge in [-0.3, -0.25) is 0 Å². The maximum absolute atomic E-state index is 13.2.